The largest absolute Gasteiger partial charge is 0.481 e. The van der Waals surface area contributed by atoms with E-state index in [2.05, 4.69) is 5.32 Å². The molecule has 0 spiro atoms. The molecular formula is C13H19ClN2O3S. The van der Waals surface area contributed by atoms with Crippen molar-refractivity contribution < 1.29 is 14.7 Å². The lowest BCUT2D eigenvalue weighted by atomic mass is 10.1. The second-order valence-corrected chi connectivity index (χ2v) is 6.42. The zero-order valence-corrected chi connectivity index (χ0v) is 13.3. The van der Waals surface area contributed by atoms with E-state index in [4.69, 9.17) is 16.7 Å². The third-order valence-corrected chi connectivity index (χ3v) is 4.30. The van der Waals surface area contributed by atoms with Gasteiger partial charge in [0, 0.05) is 18.5 Å². The molecule has 0 fully saturated rings. The van der Waals surface area contributed by atoms with Gasteiger partial charge in [0.25, 0.3) is 0 Å². The zero-order chi connectivity index (χ0) is 15.3. The van der Waals surface area contributed by atoms with Gasteiger partial charge in [0.05, 0.1) is 16.3 Å². The predicted octanol–water partition coefficient (Wildman–Crippen LogP) is 3.21. The summed E-state index contributed by atoms with van der Waals surface area (Å²) in [4.78, 5) is 25.2. The summed E-state index contributed by atoms with van der Waals surface area (Å²) in [6, 6.07) is 3.30. The summed E-state index contributed by atoms with van der Waals surface area (Å²) in [5, 5.41) is 11.7. The van der Waals surface area contributed by atoms with Crippen molar-refractivity contribution in [1.82, 2.24) is 10.2 Å². The van der Waals surface area contributed by atoms with Crippen LogP contribution in [0.25, 0.3) is 0 Å². The van der Waals surface area contributed by atoms with E-state index in [0.717, 1.165) is 11.3 Å². The molecule has 0 aliphatic rings. The molecule has 1 aromatic rings. The van der Waals surface area contributed by atoms with Crippen molar-refractivity contribution in [3.05, 3.63) is 21.3 Å². The molecule has 1 rings (SSSR count). The monoisotopic (exact) mass is 318 g/mol. The number of halogens is 1. The van der Waals surface area contributed by atoms with Gasteiger partial charge in [0.2, 0.25) is 0 Å². The maximum absolute atomic E-state index is 12.0. The molecule has 5 nitrogen and oxygen atoms in total. The van der Waals surface area contributed by atoms with Crippen LogP contribution in [0, 0.1) is 5.92 Å². The highest BCUT2D eigenvalue weighted by Gasteiger charge is 2.20. The van der Waals surface area contributed by atoms with E-state index in [-0.39, 0.29) is 18.6 Å². The highest BCUT2D eigenvalue weighted by Crippen LogP contribution is 2.28. The minimum absolute atomic E-state index is 0.109. The van der Waals surface area contributed by atoms with Gasteiger partial charge < -0.3 is 15.3 Å². The molecular weight excluding hydrogens is 300 g/mol. The first-order valence-corrected chi connectivity index (χ1v) is 7.54. The second-order valence-electron chi connectivity index (χ2n) is 4.67. The van der Waals surface area contributed by atoms with Crippen molar-refractivity contribution in [2.24, 2.45) is 5.92 Å². The molecule has 112 valence electrons. The van der Waals surface area contributed by atoms with Gasteiger partial charge in [-0.1, -0.05) is 25.4 Å². The molecule has 7 heteroatoms. The molecule has 0 aromatic carbocycles. The van der Waals surface area contributed by atoms with Crippen LogP contribution in [0.15, 0.2) is 12.1 Å². The molecule has 0 bridgehead atoms. The van der Waals surface area contributed by atoms with Crippen molar-refractivity contribution in [1.29, 1.82) is 0 Å². The quantitative estimate of drug-likeness (QED) is 0.846. The summed E-state index contributed by atoms with van der Waals surface area (Å²) in [7, 11) is 1.59. The first-order chi connectivity index (χ1) is 9.35. The Bertz CT molecular complexity index is 478. The number of hydrogen-bond donors (Lipinski definition) is 2. The maximum atomic E-state index is 12.0. The standard InChI is InChI=1S/C13H19ClN2O3S/c1-4-9(10-5-6-11(14)20-10)15-13(19)16(3)7-8(2)12(17)18/h5-6,8-9H,4,7H2,1-3H3,(H,15,19)(H,17,18). The molecule has 1 heterocycles. The number of nitrogens with one attached hydrogen (secondary N) is 1. The SMILES string of the molecule is CCC(NC(=O)N(C)CC(C)C(=O)O)c1ccc(Cl)s1. The van der Waals surface area contributed by atoms with E-state index in [9.17, 15) is 9.59 Å². The third kappa shape index (κ3) is 4.68. The smallest absolute Gasteiger partial charge is 0.317 e. The van der Waals surface area contributed by atoms with Crippen molar-refractivity contribution in [2.75, 3.05) is 13.6 Å². The molecule has 0 aliphatic heterocycles. The third-order valence-electron chi connectivity index (χ3n) is 2.96. The van der Waals surface area contributed by atoms with Crippen molar-refractivity contribution in [3.63, 3.8) is 0 Å². The van der Waals surface area contributed by atoms with Gasteiger partial charge in [-0.2, -0.15) is 0 Å². The number of nitrogens with zero attached hydrogens (tertiary/aromatic N) is 1. The first kappa shape index (κ1) is 16.8. The molecule has 0 radical (unpaired) electrons. The Morgan fingerprint density at radius 3 is 2.60 bits per heavy atom. The Balaban J connectivity index is 2.61. The minimum Gasteiger partial charge on any atom is -0.481 e. The van der Waals surface area contributed by atoms with Crippen LogP contribution in [-0.4, -0.2) is 35.6 Å². The van der Waals surface area contributed by atoms with E-state index in [0.29, 0.717) is 4.34 Å². The number of carbonyl (C=O) groups is 2. The van der Waals surface area contributed by atoms with Gasteiger partial charge >= 0.3 is 12.0 Å². The summed E-state index contributed by atoms with van der Waals surface area (Å²) < 4.78 is 0.681. The number of carboxylic acids is 1. The predicted molar refractivity (Wildman–Crippen MR) is 80.3 cm³/mol. The fourth-order valence-electron chi connectivity index (χ4n) is 1.72. The van der Waals surface area contributed by atoms with Crippen LogP contribution >= 0.6 is 22.9 Å². The Kier molecular flexibility index (Phi) is 6.29. The average Bonchev–Trinajstić information content (AvgIpc) is 2.81. The summed E-state index contributed by atoms with van der Waals surface area (Å²) in [5.41, 5.74) is 0. The molecule has 2 amide bonds. The number of aliphatic carboxylic acids is 1. The molecule has 1 aromatic heterocycles. The van der Waals surface area contributed by atoms with Gasteiger partial charge in [-0.25, -0.2) is 4.79 Å². The van der Waals surface area contributed by atoms with E-state index in [1.165, 1.54) is 16.2 Å². The van der Waals surface area contributed by atoms with Crippen LogP contribution in [0.1, 0.15) is 31.2 Å². The summed E-state index contributed by atoms with van der Waals surface area (Å²) in [6.07, 6.45) is 0.741. The Hall–Kier alpha value is -1.27. The van der Waals surface area contributed by atoms with E-state index < -0.39 is 11.9 Å². The van der Waals surface area contributed by atoms with E-state index in [1.54, 1.807) is 20.0 Å². The van der Waals surface area contributed by atoms with Crippen LogP contribution in [-0.2, 0) is 4.79 Å². The molecule has 20 heavy (non-hydrogen) atoms. The normalized spacial score (nSPS) is 13.6. The summed E-state index contributed by atoms with van der Waals surface area (Å²) >= 11 is 7.33. The molecule has 2 atom stereocenters. The molecule has 2 N–H and O–H groups in total. The highest BCUT2D eigenvalue weighted by atomic mass is 35.5. The van der Waals surface area contributed by atoms with Crippen LogP contribution in [0.3, 0.4) is 0 Å². The van der Waals surface area contributed by atoms with Crippen molar-refractivity contribution in [3.8, 4) is 0 Å². The lowest BCUT2D eigenvalue weighted by Crippen LogP contribution is -2.42. The van der Waals surface area contributed by atoms with Crippen LogP contribution in [0.2, 0.25) is 4.34 Å². The Morgan fingerprint density at radius 2 is 2.15 bits per heavy atom. The molecule has 2 unspecified atom stereocenters. The van der Waals surface area contributed by atoms with E-state index in [1.807, 2.05) is 13.0 Å². The summed E-state index contributed by atoms with van der Waals surface area (Å²) in [5.74, 6) is -1.51. The van der Waals surface area contributed by atoms with Crippen molar-refractivity contribution >= 4 is 34.9 Å². The lowest BCUT2D eigenvalue weighted by Gasteiger charge is -2.23. The van der Waals surface area contributed by atoms with Gasteiger partial charge in [0.15, 0.2) is 0 Å². The van der Waals surface area contributed by atoms with Gasteiger partial charge in [-0.15, -0.1) is 11.3 Å². The fourth-order valence-corrected chi connectivity index (χ4v) is 2.92. The number of carboxylic acid groups (broad SMARTS) is 1. The van der Waals surface area contributed by atoms with Crippen LogP contribution < -0.4 is 5.32 Å². The molecule has 0 aliphatic carbocycles. The average molecular weight is 319 g/mol. The Morgan fingerprint density at radius 1 is 1.50 bits per heavy atom. The number of amides is 2. The lowest BCUT2D eigenvalue weighted by molar-refractivity contribution is -0.141. The minimum atomic E-state index is -0.915. The van der Waals surface area contributed by atoms with Gasteiger partial charge in [-0.3, -0.25) is 4.79 Å². The van der Waals surface area contributed by atoms with Crippen LogP contribution in [0.4, 0.5) is 4.79 Å². The Labute approximate surface area is 127 Å². The van der Waals surface area contributed by atoms with Crippen molar-refractivity contribution in [2.45, 2.75) is 26.3 Å². The van der Waals surface area contributed by atoms with Crippen LogP contribution in [0.5, 0.6) is 0 Å². The number of thiophene rings is 1. The number of urea groups is 1. The van der Waals surface area contributed by atoms with E-state index >= 15 is 0 Å². The topological polar surface area (TPSA) is 69.6 Å². The zero-order valence-electron chi connectivity index (χ0n) is 11.7. The second kappa shape index (κ2) is 7.50. The number of carbonyl (C=O) groups excluding carboxylic acids is 1. The molecule has 0 saturated heterocycles. The fraction of sp³-hybridized carbons (Fsp3) is 0.538. The highest BCUT2D eigenvalue weighted by molar-refractivity contribution is 7.16. The number of hydrogen-bond acceptors (Lipinski definition) is 3. The molecule has 0 saturated carbocycles. The maximum Gasteiger partial charge on any atom is 0.317 e. The summed E-state index contributed by atoms with van der Waals surface area (Å²) in [6.45, 7) is 3.71. The van der Waals surface area contributed by atoms with Gasteiger partial charge in [-0.05, 0) is 18.6 Å². The number of rotatable bonds is 6. The van der Waals surface area contributed by atoms with Gasteiger partial charge in [0.1, 0.15) is 0 Å². The first-order valence-electron chi connectivity index (χ1n) is 6.34.